The predicted octanol–water partition coefficient (Wildman–Crippen LogP) is 2.46. The Balaban J connectivity index is 2.40. The summed E-state index contributed by atoms with van der Waals surface area (Å²) >= 11 is 0. The van der Waals surface area contributed by atoms with Crippen LogP contribution in [0.4, 0.5) is 5.69 Å². The molecule has 0 heterocycles. The number of phenolic OH excluding ortho intramolecular Hbond substituents is 1. The summed E-state index contributed by atoms with van der Waals surface area (Å²) < 4.78 is 5.16. The van der Waals surface area contributed by atoms with Crippen LogP contribution in [0.1, 0.15) is 25.3 Å². The minimum absolute atomic E-state index is 0.0292. The van der Waals surface area contributed by atoms with Gasteiger partial charge >= 0.3 is 0 Å². The first-order chi connectivity index (χ1) is 8.13. The molecule has 17 heavy (non-hydrogen) atoms. The Morgan fingerprint density at radius 3 is 2.88 bits per heavy atom. The summed E-state index contributed by atoms with van der Waals surface area (Å²) in [5.74, 6) is 0.176. The van der Waals surface area contributed by atoms with Gasteiger partial charge in [0.15, 0.2) is 0 Å². The van der Waals surface area contributed by atoms with Crippen LogP contribution in [0.5, 0.6) is 5.75 Å². The predicted molar refractivity (Wildman–Crippen MR) is 67.2 cm³/mol. The Hall–Kier alpha value is -1.55. The number of hydrogen-bond donors (Lipinski definition) is 2. The molecule has 4 nitrogen and oxygen atoms in total. The van der Waals surface area contributed by atoms with Gasteiger partial charge in [0.25, 0.3) is 0 Å². The Morgan fingerprint density at radius 2 is 2.24 bits per heavy atom. The summed E-state index contributed by atoms with van der Waals surface area (Å²) in [6.45, 7) is 5.06. The average molecular weight is 237 g/mol. The van der Waals surface area contributed by atoms with Gasteiger partial charge in [0, 0.05) is 25.3 Å². The quantitative estimate of drug-likeness (QED) is 0.590. The Kier molecular flexibility index (Phi) is 5.49. The molecule has 0 aliphatic rings. The van der Waals surface area contributed by atoms with E-state index in [1.54, 1.807) is 18.2 Å². The van der Waals surface area contributed by atoms with Gasteiger partial charge in [-0.25, -0.2) is 0 Å². The van der Waals surface area contributed by atoms with Crippen LogP contribution < -0.4 is 5.32 Å². The molecule has 1 aromatic rings. The number of ether oxygens (including phenoxy) is 1. The van der Waals surface area contributed by atoms with Crippen molar-refractivity contribution in [2.45, 2.75) is 26.7 Å². The van der Waals surface area contributed by atoms with Gasteiger partial charge in [-0.15, -0.1) is 0 Å². The maximum atomic E-state index is 11.6. The van der Waals surface area contributed by atoms with Crippen LogP contribution in [0.2, 0.25) is 0 Å². The van der Waals surface area contributed by atoms with Crippen LogP contribution >= 0.6 is 0 Å². The third kappa shape index (κ3) is 4.87. The number of nitrogens with one attached hydrogen (secondary N) is 1. The highest BCUT2D eigenvalue weighted by Crippen LogP contribution is 2.20. The van der Waals surface area contributed by atoms with Crippen molar-refractivity contribution in [1.82, 2.24) is 0 Å². The van der Waals surface area contributed by atoms with Crippen LogP contribution in [0.15, 0.2) is 18.2 Å². The van der Waals surface area contributed by atoms with Crippen LogP contribution in [0.25, 0.3) is 0 Å². The molecule has 0 aliphatic heterocycles. The minimum atomic E-state index is -0.0292. The second-order valence-corrected chi connectivity index (χ2v) is 3.85. The normalized spacial score (nSPS) is 10.2. The molecule has 1 amide bonds. The number of aromatic hydroxyl groups is 1. The summed E-state index contributed by atoms with van der Waals surface area (Å²) in [7, 11) is 0. The van der Waals surface area contributed by atoms with Crippen molar-refractivity contribution in [3.8, 4) is 5.75 Å². The largest absolute Gasteiger partial charge is 0.508 e. The van der Waals surface area contributed by atoms with Crippen LogP contribution in [0.3, 0.4) is 0 Å². The van der Waals surface area contributed by atoms with E-state index in [-0.39, 0.29) is 11.7 Å². The van der Waals surface area contributed by atoms with E-state index >= 15 is 0 Å². The molecule has 0 saturated carbocycles. The standard InChI is InChI=1S/C13H19NO3/c1-3-17-8-4-5-13(16)14-12-7-6-11(15)9-10(12)2/h6-7,9,15H,3-5,8H2,1-2H3,(H,14,16). The van der Waals surface area contributed by atoms with Crippen molar-refractivity contribution in [2.75, 3.05) is 18.5 Å². The highest BCUT2D eigenvalue weighted by atomic mass is 16.5. The zero-order valence-electron chi connectivity index (χ0n) is 10.3. The second kappa shape index (κ2) is 6.91. The van der Waals surface area contributed by atoms with E-state index in [1.807, 2.05) is 13.8 Å². The third-order valence-electron chi connectivity index (χ3n) is 2.38. The van der Waals surface area contributed by atoms with E-state index in [9.17, 15) is 9.90 Å². The third-order valence-corrected chi connectivity index (χ3v) is 2.38. The summed E-state index contributed by atoms with van der Waals surface area (Å²) in [4.78, 5) is 11.6. The Labute approximate surface area is 102 Å². The SMILES string of the molecule is CCOCCCC(=O)Nc1ccc(O)cc1C. The first-order valence-electron chi connectivity index (χ1n) is 5.80. The summed E-state index contributed by atoms with van der Waals surface area (Å²) in [6.07, 6.45) is 1.16. The van der Waals surface area contributed by atoms with Gasteiger partial charge in [0.2, 0.25) is 5.91 Å². The highest BCUT2D eigenvalue weighted by Gasteiger charge is 2.04. The number of carbonyl (C=O) groups excluding carboxylic acids is 1. The lowest BCUT2D eigenvalue weighted by Crippen LogP contribution is -2.13. The maximum Gasteiger partial charge on any atom is 0.224 e. The van der Waals surface area contributed by atoms with Crippen molar-refractivity contribution in [1.29, 1.82) is 0 Å². The molecular weight excluding hydrogens is 218 g/mol. The zero-order chi connectivity index (χ0) is 12.7. The van der Waals surface area contributed by atoms with Crippen LogP contribution in [-0.4, -0.2) is 24.2 Å². The maximum absolute atomic E-state index is 11.6. The van der Waals surface area contributed by atoms with E-state index in [0.29, 0.717) is 19.6 Å². The Morgan fingerprint density at radius 1 is 1.47 bits per heavy atom. The smallest absolute Gasteiger partial charge is 0.224 e. The van der Waals surface area contributed by atoms with Crippen molar-refractivity contribution in [2.24, 2.45) is 0 Å². The van der Waals surface area contributed by atoms with Crippen LogP contribution in [-0.2, 0) is 9.53 Å². The van der Waals surface area contributed by atoms with E-state index < -0.39 is 0 Å². The lowest BCUT2D eigenvalue weighted by Gasteiger charge is -2.08. The number of rotatable bonds is 6. The molecule has 0 bridgehead atoms. The number of phenols is 1. The molecule has 0 aliphatic carbocycles. The molecule has 0 atom stereocenters. The first-order valence-corrected chi connectivity index (χ1v) is 5.80. The minimum Gasteiger partial charge on any atom is -0.508 e. The average Bonchev–Trinajstić information content (AvgIpc) is 2.28. The van der Waals surface area contributed by atoms with E-state index in [0.717, 1.165) is 17.7 Å². The van der Waals surface area contributed by atoms with E-state index in [1.165, 1.54) is 0 Å². The lowest BCUT2D eigenvalue weighted by molar-refractivity contribution is -0.116. The molecule has 0 fully saturated rings. The molecule has 0 spiro atoms. The van der Waals surface area contributed by atoms with Gasteiger partial charge < -0.3 is 15.2 Å². The van der Waals surface area contributed by atoms with Gasteiger partial charge in [-0.2, -0.15) is 0 Å². The van der Waals surface area contributed by atoms with E-state index in [2.05, 4.69) is 5.32 Å². The fraction of sp³-hybridized carbons (Fsp3) is 0.462. The summed E-state index contributed by atoms with van der Waals surface area (Å²) in [5.41, 5.74) is 1.59. The molecular formula is C13H19NO3. The fourth-order valence-electron chi connectivity index (χ4n) is 1.48. The Bertz CT molecular complexity index is 377. The molecule has 0 unspecified atom stereocenters. The van der Waals surface area contributed by atoms with Gasteiger partial charge in [-0.05, 0) is 44.0 Å². The van der Waals surface area contributed by atoms with Crippen LogP contribution in [0, 0.1) is 6.92 Å². The number of aryl methyl sites for hydroxylation is 1. The van der Waals surface area contributed by atoms with Gasteiger partial charge in [0.05, 0.1) is 0 Å². The first kappa shape index (κ1) is 13.5. The van der Waals surface area contributed by atoms with Gasteiger partial charge in [-0.1, -0.05) is 0 Å². The molecule has 4 heteroatoms. The number of hydrogen-bond acceptors (Lipinski definition) is 3. The van der Waals surface area contributed by atoms with Crippen molar-refractivity contribution >= 4 is 11.6 Å². The van der Waals surface area contributed by atoms with Crippen molar-refractivity contribution in [3.63, 3.8) is 0 Å². The summed E-state index contributed by atoms with van der Waals surface area (Å²) in [5, 5.41) is 12.1. The number of anilines is 1. The lowest BCUT2D eigenvalue weighted by atomic mass is 10.2. The monoisotopic (exact) mass is 237 g/mol. The molecule has 94 valence electrons. The summed E-state index contributed by atoms with van der Waals surface area (Å²) in [6, 6.07) is 4.88. The molecule has 0 radical (unpaired) electrons. The van der Waals surface area contributed by atoms with Gasteiger partial charge in [0.1, 0.15) is 5.75 Å². The van der Waals surface area contributed by atoms with Crippen molar-refractivity contribution in [3.05, 3.63) is 23.8 Å². The molecule has 0 saturated heterocycles. The number of benzene rings is 1. The number of carbonyl (C=O) groups is 1. The molecule has 2 N–H and O–H groups in total. The fourth-order valence-corrected chi connectivity index (χ4v) is 1.48. The highest BCUT2D eigenvalue weighted by molar-refractivity contribution is 5.91. The van der Waals surface area contributed by atoms with Gasteiger partial charge in [-0.3, -0.25) is 4.79 Å². The topological polar surface area (TPSA) is 58.6 Å². The molecule has 1 aromatic carbocycles. The number of amides is 1. The second-order valence-electron chi connectivity index (χ2n) is 3.85. The van der Waals surface area contributed by atoms with E-state index in [4.69, 9.17) is 4.74 Å². The zero-order valence-corrected chi connectivity index (χ0v) is 10.3. The molecule has 0 aromatic heterocycles. The van der Waals surface area contributed by atoms with Crippen molar-refractivity contribution < 1.29 is 14.6 Å². The molecule has 1 rings (SSSR count).